The quantitative estimate of drug-likeness (QED) is 0.456. The first-order valence-corrected chi connectivity index (χ1v) is 12.4. The van der Waals surface area contributed by atoms with Crippen molar-refractivity contribution in [1.29, 1.82) is 0 Å². The number of hydrogen-bond donors (Lipinski definition) is 4. The van der Waals surface area contributed by atoms with Gasteiger partial charge in [0.15, 0.2) is 17.2 Å². The van der Waals surface area contributed by atoms with Crippen LogP contribution in [0.15, 0.2) is 23.8 Å². The molecular weight excluding hydrogens is 442 g/mol. The zero-order valence-corrected chi connectivity index (χ0v) is 19.2. The molecule has 0 amide bonds. The second-order valence-corrected chi connectivity index (χ2v) is 11.6. The van der Waals surface area contributed by atoms with Gasteiger partial charge in [0.05, 0.1) is 6.10 Å². The van der Waals surface area contributed by atoms with Crippen LogP contribution in [0.5, 0.6) is 0 Å². The van der Waals surface area contributed by atoms with Crippen LogP contribution in [0.25, 0.3) is 0 Å². The fraction of sp³-hybridized carbons (Fsp3) is 0.727. The second kappa shape index (κ2) is 7.14. The lowest BCUT2D eigenvalue weighted by molar-refractivity contribution is -0.219. The van der Waals surface area contributed by atoms with Crippen LogP contribution in [0, 0.1) is 28.6 Å². The molecule has 4 aliphatic rings. The van der Waals surface area contributed by atoms with Crippen molar-refractivity contribution >= 4 is 19.4 Å². The van der Waals surface area contributed by atoms with Crippen LogP contribution < -0.4 is 0 Å². The maximum absolute atomic E-state index is 17.0. The summed E-state index contributed by atoms with van der Waals surface area (Å²) in [5.41, 5.74) is -5.88. The number of halogens is 1. The van der Waals surface area contributed by atoms with Crippen molar-refractivity contribution in [2.24, 2.45) is 28.6 Å². The summed E-state index contributed by atoms with van der Waals surface area (Å²) in [6.07, 6.45) is 3.70. The van der Waals surface area contributed by atoms with E-state index in [9.17, 15) is 24.4 Å². The lowest BCUT2D eigenvalue weighted by Crippen LogP contribution is -2.69. The molecule has 10 heteroatoms. The van der Waals surface area contributed by atoms with Crippen molar-refractivity contribution in [2.45, 2.75) is 63.8 Å². The van der Waals surface area contributed by atoms with Gasteiger partial charge in [-0.25, -0.2) is 8.96 Å². The Hall–Kier alpha value is -1.22. The lowest BCUT2D eigenvalue weighted by Gasteiger charge is -2.62. The van der Waals surface area contributed by atoms with Crippen molar-refractivity contribution in [2.75, 3.05) is 6.61 Å². The molecule has 0 aromatic rings. The van der Waals surface area contributed by atoms with Crippen LogP contribution >= 0.6 is 7.82 Å². The van der Waals surface area contributed by atoms with E-state index in [0.717, 1.165) is 0 Å². The summed E-state index contributed by atoms with van der Waals surface area (Å²) in [4.78, 5) is 42.8. The minimum absolute atomic E-state index is 0.211. The summed E-state index contributed by atoms with van der Waals surface area (Å²) in [5.74, 6) is -2.87. The number of Topliss-reactive ketones (excluding diaryl/α,β-unsaturated/α-hetero) is 1. The number of ketones is 2. The summed E-state index contributed by atoms with van der Waals surface area (Å²) in [6.45, 7) is 4.00. The average molecular weight is 472 g/mol. The van der Waals surface area contributed by atoms with Crippen LogP contribution in [0.3, 0.4) is 0 Å². The first-order valence-electron chi connectivity index (χ1n) is 10.9. The monoisotopic (exact) mass is 472 g/mol. The number of fused-ring (bicyclic) bond motifs is 5. The van der Waals surface area contributed by atoms with E-state index in [1.165, 1.54) is 18.2 Å². The second-order valence-electron chi connectivity index (χ2n) is 10.4. The third-order valence-electron chi connectivity index (χ3n) is 9.01. The number of carbonyl (C=O) groups excluding carboxylic acids is 2. The molecule has 0 bridgehead atoms. The predicted octanol–water partition coefficient (Wildman–Crippen LogP) is 2.01. The highest BCUT2D eigenvalue weighted by Gasteiger charge is 2.75. The molecule has 178 valence electrons. The minimum atomic E-state index is -4.93. The first-order chi connectivity index (χ1) is 14.6. The van der Waals surface area contributed by atoms with Crippen molar-refractivity contribution in [3.8, 4) is 0 Å². The number of hydrogen-bond acceptors (Lipinski definition) is 6. The molecule has 3 saturated carbocycles. The molecule has 0 aromatic heterocycles. The van der Waals surface area contributed by atoms with Gasteiger partial charge in [0.25, 0.3) is 0 Å². The molecule has 3 fully saturated rings. The lowest BCUT2D eigenvalue weighted by atomic mass is 9.44. The third kappa shape index (κ3) is 2.95. The Balaban J connectivity index is 1.74. The standard InChI is InChI=1S/C22H30FO8P/c1-12-8-16-15-5-4-13-9-14(24)6-7-19(13,2)21(15,23)17(25)10-20(16,3)22(12,27)18(26)11-31-32(28,29)30/h6-7,9,12,15-17,25,27H,4-5,8,10-11H2,1-3H3,(H2,28,29,30)/t12-,15?,16?,17+,19+,20+,21?,22+/m1/s1. The summed E-state index contributed by atoms with van der Waals surface area (Å²) in [7, 11) is -4.93. The van der Waals surface area contributed by atoms with Crippen molar-refractivity contribution in [1.82, 2.24) is 0 Å². The number of alkyl halides is 1. The maximum atomic E-state index is 17.0. The van der Waals surface area contributed by atoms with Crippen LogP contribution in [-0.4, -0.2) is 55.5 Å². The number of phosphoric ester groups is 1. The SMILES string of the molecule is C[C@@H]1CC2C3CCC4=CC(=O)C=C[C@]4(C)C3(F)[C@@H](O)C[C@]2(C)[C@@]1(O)C(=O)COP(=O)(O)O. The molecule has 0 aromatic carbocycles. The number of aliphatic hydroxyl groups excluding tert-OH is 1. The first kappa shape index (κ1) is 23.9. The van der Waals surface area contributed by atoms with Crippen LogP contribution in [0.1, 0.15) is 46.5 Å². The number of aliphatic hydroxyl groups is 2. The van der Waals surface area contributed by atoms with E-state index >= 15 is 4.39 Å². The van der Waals surface area contributed by atoms with E-state index in [1.807, 2.05) is 0 Å². The molecule has 3 unspecified atom stereocenters. The Kier molecular flexibility index (Phi) is 5.34. The van der Waals surface area contributed by atoms with Gasteiger partial charge < -0.3 is 20.0 Å². The van der Waals surface area contributed by atoms with Crippen molar-refractivity contribution in [3.05, 3.63) is 23.8 Å². The molecule has 0 spiro atoms. The zero-order chi connectivity index (χ0) is 23.9. The number of allylic oxidation sites excluding steroid dienone is 4. The van der Waals surface area contributed by atoms with E-state index < -0.39 is 66.2 Å². The number of rotatable bonds is 4. The molecule has 4 rings (SSSR count). The number of phosphoric acid groups is 1. The Morgan fingerprint density at radius 1 is 1.31 bits per heavy atom. The molecule has 0 heterocycles. The minimum Gasteiger partial charge on any atom is -0.390 e. The van der Waals surface area contributed by atoms with Gasteiger partial charge in [-0.1, -0.05) is 25.5 Å². The Bertz CT molecular complexity index is 973. The van der Waals surface area contributed by atoms with E-state index in [2.05, 4.69) is 4.52 Å². The van der Waals surface area contributed by atoms with Gasteiger partial charge in [0.1, 0.15) is 12.2 Å². The highest BCUT2D eigenvalue weighted by Crippen LogP contribution is 2.70. The van der Waals surface area contributed by atoms with Gasteiger partial charge >= 0.3 is 7.82 Å². The third-order valence-corrected chi connectivity index (χ3v) is 9.48. The van der Waals surface area contributed by atoms with Gasteiger partial charge in [-0.3, -0.25) is 14.1 Å². The fourth-order valence-corrected chi connectivity index (χ4v) is 7.68. The molecule has 4 aliphatic carbocycles. The highest BCUT2D eigenvalue weighted by molar-refractivity contribution is 7.46. The van der Waals surface area contributed by atoms with E-state index in [1.54, 1.807) is 20.8 Å². The van der Waals surface area contributed by atoms with Gasteiger partial charge in [-0.15, -0.1) is 0 Å². The van der Waals surface area contributed by atoms with Gasteiger partial charge in [0.2, 0.25) is 0 Å². The molecule has 0 aliphatic heterocycles. The van der Waals surface area contributed by atoms with Gasteiger partial charge in [-0.05, 0) is 56.6 Å². The van der Waals surface area contributed by atoms with Crippen molar-refractivity contribution < 1.29 is 43.1 Å². The Morgan fingerprint density at radius 2 is 1.97 bits per heavy atom. The van der Waals surface area contributed by atoms with Gasteiger partial charge in [0, 0.05) is 16.7 Å². The van der Waals surface area contributed by atoms with Gasteiger partial charge in [-0.2, -0.15) is 0 Å². The van der Waals surface area contributed by atoms with E-state index in [4.69, 9.17) is 9.79 Å². The average Bonchev–Trinajstić information content (AvgIpc) is 2.89. The molecular formula is C22H30FO8P. The summed E-state index contributed by atoms with van der Waals surface area (Å²) < 4.78 is 32.5. The zero-order valence-electron chi connectivity index (χ0n) is 18.3. The fourth-order valence-electron chi connectivity index (χ4n) is 7.39. The van der Waals surface area contributed by atoms with Crippen molar-refractivity contribution in [3.63, 3.8) is 0 Å². The molecule has 8 nitrogen and oxygen atoms in total. The maximum Gasteiger partial charge on any atom is 0.470 e. The summed E-state index contributed by atoms with van der Waals surface area (Å²) in [6, 6.07) is 0. The van der Waals surface area contributed by atoms with Crippen LogP contribution in [-0.2, 0) is 18.7 Å². The van der Waals surface area contributed by atoms with E-state index in [0.29, 0.717) is 24.8 Å². The highest BCUT2D eigenvalue weighted by atomic mass is 31.2. The molecule has 0 radical (unpaired) electrons. The molecule has 8 atom stereocenters. The van der Waals surface area contributed by atoms with E-state index in [-0.39, 0.29) is 12.2 Å². The van der Waals surface area contributed by atoms with Crippen LogP contribution in [0.4, 0.5) is 4.39 Å². The normalized spacial score (nSPS) is 48.0. The summed E-state index contributed by atoms with van der Waals surface area (Å²) >= 11 is 0. The Morgan fingerprint density at radius 3 is 2.59 bits per heavy atom. The molecule has 4 N–H and O–H groups in total. The molecule has 0 saturated heterocycles. The van der Waals surface area contributed by atoms with Crippen LogP contribution in [0.2, 0.25) is 0 Å². The topological polar surface area (TPSA) is 141 Å². The Labute approximate surface area is 185 Å². The predicted molar refractivity (Wildman–Crippen MR) is 111 cm³/mol. The largest absolute Gasteiger partial charge is 0.470 e. The smallest absolute Gasteiger partial charge is 0.390 e. The summed E-state index contributed by atoms with van der Waals surface area (Å²) in [5, 5.41) is 22.8. The number of carbonyl (C=O) groups is 2. The molecule has 32 heavy (non-hydrogen) atoms.